The van der Waals surface area contributed by atoms with Crippen LogP contribution in [0, 0.1) is 17.1 Å². The molecule has 2 aromatic rings. The predicted octanol–water partition coefficient (Wildman–Crippen LogP) is 2.82. The Morgan fingerprint density at radius 1 is 1.46 bits per heavy atom. The van der Waals surface area contributed by atoms with Gasteiger partial charge in [0.25, 0.3) is 0 Å². The number of benzene rings is 1. The summed E-state index contributed by atoms with van der Waals surface area (Å²) < 4.78 is 19.2. The number of hydrogen-bond donors (Lipinski definition) is 2. The smallest absolute Gasteiger partial charge is 0.173 e. The number of ether oxygens (including phenoxy) is 1. The van der Waals surface area contributed by atoms with Crippen LogP contribution >= 0.6 is 11.6 Å². The van der Waals surface area contributed by atoms with E-state index in [1.165, 1.54) is 13.2 Å². The van der Waals surface area contributed by atoms with Gasteiger partial charge < -0.3 is 16.2 Å². The third kappa shape index (κ3) is 2.66. The molecule has 0 fully saturated rings. The van der Waals surface area contributed by atoms with E-state index >= 15 is 0 Å². The minimum Gasteiger partial charge on any atom is -0.492 e. The molecule has 0 aliphatic heterocycles. The summed E-state index contributed by atoms with van der Waals surface area (Å²) in [6.45, 7) is 0. The van der Waals surface area contributed by atoms with Gasteiger partial charge in [-0.15, -0.1) is 0 Å². The molecular formula is C17H16ClFN4O. The Labute approximate surface area is 144 Å². The standard InChI is InChI=1S/C17H16ClFN4O/c1-24-16-12(18)4-8(5-13(16)19)15-10-6-9(21)2-3-14(10)23-17(22)11(15)7-20/h4-5,9H,2-3,6,21H2,1H3,(H2,22,23). The highest BCUT2D eigenvalue weighted by molar-refractivity contribution is 6.32. The molecule has 7 heteroatoms. The molecule has 1 atom stereocenters. The molecule has 0 saturated carbocycles. The summed E-state index contributed by atoms with van der Waals surface area (Å²) in [5, 5.41) is 9.64. The van der Waals surface area contributed by atoms with E-state index in [0.717, 1.165) is 17.7 Å². The van der Waals surface area contributed by atoms with Crippen molar-refractivity contribution in [2.75, 3.05) is 12.8 Å². The zero-order valence-electron chi connectivity index (χ0n) is 13.1. The van der Waals surface area contributed by atoms with Crippen molar-refractivity contribution in [2.24, 2.45) is 5.73 Å². The van der Waals surface area contributed by atoms with Crippen LogP contribution < -0.4 is 16.2 Å². The third-order valence-corrected chi connectivity index (χ3v) is 4.51. The Hall–Kier alpha value is -2.36. The number of nitrogens with two attached hydrogens (primary N) is 2. The summed E-state index contributed by atoms with van der Waals surface area (Å²) in [4.78, 5) is 4.33. The van der Waals surface area contributed by atoms with E-state index in [1.54, 1.807) is 6.07 Å². The number of methoxy groups -OCH3 is 1. The largest absolute Gasteiger partial charge is 0.492 e. The van der Waals surface area contributed by atoms with Gasteiger partial charge in [-0.25, -0.2) is 9.37 Å². The van der Waals surface area contributed by atoms with Gasteiger partial charge in [0.2, 0.25) is 0 Å². The van der Waals surface area contributed by atoms with Crippen LogP contribution in [-0.2, 0) is 12.8 Å². The Morgan fingerprint density at radius 2 is 2.21 bits per heavy atom. The molecule has 0 radical (unpaired) electrons. The molecule has 0 spiro atoms. The lowest BCUT2D eigenvalue weighted by molar-refractivity contribution is 0.387. The van der Waals surface area contributed by atoms with E-state index in [2.05, 4.69) is 11.1 Å². The fraction of sp³-hybridized carbons (Fsp3) is 0.294. The van der Waals surface area contributed by atoms with Crippen molar-refractivity contribution in [3.05, 3.63) is 39.8 Å². The number of pyridine rings is 1. The number of nitrogens with zero attached hydrogens (tertiary/aromatic N) is 2. The molecule has 1 heterocycles. The van der Waals surface area contributed by atoms with E-state index in [9.17, 15) is 9.65 Å². The molecule has 124 valence electrons. The Balaban J connectivity index is 2.31. The van der Waals surface area contributed by atoms with E-state index in [0.29, 0.717) is 24.0 Å². The highest BCUT2D eigenvalue weighted by Gasteiger charge is 2.26. The Kier molecular flexibility index (Phi) is 4.31. The number of nitrogen functional groups attached to an aromatic ring is 1. The minimum absolute atomic E-state index is 0.0354. The van der Waals surface area contributed by atoms with Gasteiger partial charge in [0.1, 0.15) is 17.5 Å². The molecule has 4 N–H and O–H groups in total. The highest BCUT2D eigenvalue weighted by Crippen LogP contribution is 2.39. The van der Waals surface area contributed by atoms with Crippen molar-refractivity contribution in [1.29, 1.82) is 5.26 Å². The second kappa shape index (κ2) is 6.27. The van der Waals surface area contributed by atoms with Crippen LogP contribution in [0.1, 0.15) is 23.2 Å². The van der Waals surface area contributed by atoms with Crippen LogP contribution in [0.2, 0.25) is 5.02 Å². The number of nitriles is 1. The van der Waals surface area contributed by atoms with Crippen molar-refractivity contribution < 1.29 is 9.13 Å². The number of rotatable bonds is 2. The zero-order valence-corrected chi connectivity index (χ0v) is 13.8. The van der Waals surface area contributed by atoms with Gasteiger partial charge in [-0.1, -0.05) is 11.6 Å². The van der Waals surface area contributed by atoms with Crippen LogP contribution in [0.3, 0.4) is 0 Å². The van der Waals surface area contributed by atoms with Gasteiger partial charge in [-0.3, -0.25) is 0 Å². The van der Waals surface area contributed by atoms with Gasteiger partial charge in [-0.05, 0) is 42.5 Å². The fourth-order valence-electron chi connectivity index (χ4n) is 3.14. The molecular weight excluding hydrogens is 331 g/mol. The highest BCUT2D eigenvalue weighted by atomic mass is 35.5. The molecule has 0 amide bonds. The number of anilines is 1. The van der Waals surface area contributed by atoms with Gasteiger partial charge >= 0.3 is 0 Å². The van der Waals surface area contributed by atoms with Gasteiger partial charge in [-0.2, -0.15) is 5.26 Å². The van der Waals surface area contributed by atoms with Crippen LogP contribution in [0.25, 0.3) is 11.1 Å². The fourth-order valence-corrected chi connectivity index (χ4v) is 3.42. The maximum atomic E-state index is 14.3. The van der Waals surface area contributed by atoms with Crippen molar-refractivity contribution in [3.8, 4) is 22.9 Å². The number of hydrogen-bond acceptors (Lipinski definition) is 5. The maximum Gasteiger partial charge on any atom is 0.173 e. The number of aryl methyl sites for hydroxylation is 1. The number of fused-ring (bicyclic) bond motifs is 1. The summed E-state index contributed by atoms with van der Waals surface area (Å²) in [5.41, 5.74) is 14.9. The Bertz CT molecular complexity index is 840. The second-order valence-electron chi connectivity index (χ2n) is 5.76. The molecule has 24 heavy (non-hydrogen) atoms. The van der Waals surface area contributed by atoms with Gasteiger partial charge in [0.05, 0.1) is 12.1 Å². The first-order valence-electron chi connectivity index (χ1n) is 7.46. The molecule has 1 unspecified atom stereocenters. The van der Waals surface area contributed by atoms with Crippen LogP contribution in [0.5, 0.6) is 5.75 Å². The average Bonchev–Trinajstić information content (AvgIpc) is 2.53. The van der Waals surface area contributed by atoms with E-state index < -0.39 is 5.82 Å². The first-order chi connectivity index (χ1) is 11.5. The summed E-state index contributed by atoms with van der Waals surface area (Å²) in [5.74, 6) is -0.506. The summed E-state index contributed by atoms with van der Waals surface area (Å²) in [6.07, 6.45) is 2.02. The molecule has 3 rings (SSSR count). The van der Waals surface area contributed by atoms with Crippen LogP contribution in [0.4, 0.5) is 10.2 Å². The Morgan fingerprint density at radius 3 is 2.83 bits per heavy atom. The molecule has 0 bridgehead atoms. The van der Waals surface area contributed by atoms with Crippen molar-refractivity contribution >= 4 is 17.4 Å². The number of aromatic nitrogens is 1. The van der Waals surface area contributed by atoms with Gasteiger partial charge in [0, 0.05) is 17.3 Å². The van der Waals surface area contributed by atoms with Crippen molar-refractivity contribution in [1.82, 2.24) is 4.98 Å². The molecule has 1 aliphatic rings. The topological polar surface area (TPSA) is 97.9 Å². The van der Waals surface area contributed by atoms with E-state index in [-0.39, 0.29) is 28.2 Å². The molecule has 1 aromatic carbocycles. The van der Waals surface area contributed by atoms with Crippen molar-refractivity contribution in [2.45, 2.75) is 25.3 Å². The van der Waals surface area contributed by atoms with E-state index in [4.69, 9.17) is 27.8 Å². The molecule has 1 aromatic heterocycles. The maximum absolute atomic E-state index is 14.3. The van der Waals surface area contributed by atoms with Crippen LogP contribution in [0.15, 0.2) is 12.1 Å². The molecule has 1 aliphatic carbocycles. The monoisotopic (exact) mass is 346 g/mol. The van der Waals surface area contributed by atoms with Crippen LogP contribution in [-0.4, -0.2) is 18.1 Å². The first kappa shape index (κ1) is 16.5. The predicted molar refractivity (Wildman–Crippen MR) is 90.3 cm³/mol. The molecule has 5 nitrogen and oxygen atoms in total. The zero-order chi connectivity index (χ0) is 17.4. The first-order valence-corrected chi connectivity index (χ1v) is 7.84. The lowest BCUT2D eigenvalue weighted by Crippen LogP contribution is -2.29. The van der Waals surface area contributed by atoms with E-state index in [1.807, 2.05) is 0 Å². The number of halogens is 2. The third-order valence-electron chi connectivity index (χ3n) is 4.23. The summed E-state index contributed by atoms with van der Waals surface area (Å²) in [6, 6.07) is 4.90. The SMILES string of the molecule is COc1c(F)cc(-c2c(C#N)c(N)nc3c2CC(N)CC3)cc1Cl. The lowest BCUT2D eigenvalue weighted by atomic mass is 9.84. The van der Waals surface area contributed by atoms with Crippen molar-refractivity contribution in [3.63, 3.8) is 0 Å². The quantitative estimate of drug-likeness (QED) is 0.871. The average molecular weight is 347 g/mol. The normalized spacial score (nSPS) is 16.4. The lowest BCUT2D eigenvalue weighted by Gasteiger charge is -2.25. The summed E-state index contributed by atoms with van der Waals surface area (Å²) in [7, 11) is 1.34. The second-order valence-corrected chi connectivity index (χ2v) is 6.17. The molecule has 0 saturated heterocycles. The summed E-state index contributed by atoms with van der Waals surface area (Å²) >= 11 is 6.11. The van der Waals surface area contributed by atoms with Gasteiger partial charge in [0.15, 0.2) is 11.6 Å². The minimum atomic E-state index is -0.604.